The molecule has 5 rings (SSSR count). The number of amides is 3. The van der Waals surface area contributed by atoms with Crippen LogP contribution in [0.4, 0.5) is 14.9 Å². The molecule has 1 aromatic heterocycles. The fourth-order valence-corrected chi connectivity index (χ4v) is 4.98. The van der Waals surface area contributed by atoms with Crippen LogP contribution in [-0.4, -0.2) is 46.9 Å². The van der Waals surface area contributed by atoms with Gasteiger partial charge in [0.05, 0.1) is 11.1 Å². The molecule has 0 unspecified atom stereocenters. The van der Waals surface area contributed by atoms with Gasteiger partial charge in [0.1, 0.15) is 12.4 Å². The number of nitrogens with one attached hydrogen (secondary N) is 3. The fraction of sp³-hybridized carbons (Fsp3) is 0.276. The van der Waals surface area contributed by atoms with E-state index in [1.807, 2.05) is 37.3 Å². The predicted octanol–water partition coefficient (Wildman–Crippen LogP) is 4.79. The number of anilines is 1. The van der Waals surface area contributed by atoms with Gasteiger partial charge in [0.25, 0.3) is 11.8 Å². The maximum Gasteiger partial charge on any atom is 0.410 e. The number of piperidine rings is 1. The summed E-state index contributed by atoms with van der Waals surface area (Å²) in [5.41, 5.74) is 4.81. The van der Waals surface area contributed by atoms with Crippen LogP contribution in [0.5, 0.6) is 0 Å². The molecule has 0 aliphatic carbocycles. The van der Waals surface area contributed by atoms with Crippen LogP contribution in [0, 0.1) is 19.7 Å². The molecule has 0 radical (unpaired) electrons. The summed E-state index contributed by atoms with van der Waals surface area (Å²) in [6.45, 7) is 4.83. The fourth-order valence-electron chi connectivity index (χ4n) is 4.98. The molecule has 3 heterocycles. The van der Waals surface area contributed by atoms with Crippen LogP contribution in [-0.2, 0) is 16.1 Å². The number of aryl methyl sites for hydroxylation is 1. The Morgan fingerprint density at radius 2 is 1.87 bits per heavy atom. The summed E-state index contributed by atoms with van der Waals surface area (Å²) >= 11 is 0. The van der Waals surface area contributed by atoms with E-state index in [0.717, 1.165) is 5.56 Å². The zero-order valence-electron chi connectivity index (χ0n) is 21.3. The van der Waals surface area contributed by atoms with Gasteiger partial charge < -0.3 is 25.3 Å². The maximum absolute atomic E-state index is 13.8. The Labute approximate surface area is 219 Å². The summed E-state index contributed by atoms with van der Waals surface area (Å²) in [5.74, 6) is -0.966. The van der Waals surface area contributed by atoms with Gasteiger partial charge in [0, 0.05) is 41.8 Å². The largest absolute Gasteiger partial charge is 0.445 e. The standard InChI is InChI=1S/C29H29FN4O4/c1-17-25(15-23-22-14-20(30)8-9-24(22)33-27(23)35)31-18(2)26(17)28(36)32-21-10-12-34(13-11-21)29(37)38-16-19-6-4-3-5-7-19/h3-9,14-15,21,31H,10-13,16H2,1-2H3,(H,32,36)(H,33,35). The zero-order chi connectivity index (χ0) is 26.8. The Balaban J connectivity index is 1.21. The number of ether oxygens (including phenoxy) is 1. The number of H-pyrrole nitrogens is 1. The number of nitrogens with zero attached hydrogens (tertiary/aromatic N) is 1. The molecule has 0 saturated carbocycles. The van der Waals surface area contributed by atoms with Crippen molar-refractivity contribution < 1.29 is 23.5 Å². The lowest BCUT2D eigenvalue weighted by Gasteiger charge is -2.31. The lowest BCUT2D eigenvalue weighted by atomic mass is 10.0. The Morgan fingerprint density at radius 1 is 1.13 bits per heavy atom. The molecule has 8 nitrogen and oxygen atoms in total. The molecular weight excluding hydrogens is 487 g/mol. The molecule has 2 aliphatic heterocycles. The van der Waals surface area contributed by atoms with Gasteiger partial charge in [-0.05, 0) is 62.1 Å². The molecule has 9 heteroatoms. The van der Waals surface area contributed by atoms with Crippen LogP contribution < -0.4 is 10.6 Å². The van der Waals surface area contributed by atoms with Crippen LogP contribution in [0.2, 0.25) is 0 Å². The van der Waals surface area contributed by atoms with Crippen molar-refractivity contribution in [2.24, 2.45) is 0 Å². The van der Waals surface area contributed by atoms with Gasteiger partial charge in [-0.25, -0.2) is 9.18 Å². The lowest BCUT2D eigenvalue weighted by Crippen LogP contribution is -2.46. The van der Waals surface area contributed by atoms with Crippen molar-refractivity contribution in [3.05, 3.63) is 88.0 Å². The number of benzene rings is 2. The lowest BCUT2D eigenvalue weighted by molar-refractivity contribution is -0.110. The topological polar surface area (TPSA) is 104 Å². The van der Waals surface area contributed by atoms with Gasteiger partial charge in [-0.1, -0.05) is 30.3 Å². The number of carbonyl (C=O) groups is 3. The third-order valence-corrected chi connectivity index (χ3v) is 7.05. The van der Waals surface area contributed by atoms with Crippen molar-refractivity contribution in [1.29, 1.82) is 0 Å². The third kappa shape index (κ3) is 5.18. The first-order valence-corrected chi connectivity index (χ1v) is 12.6. The quantitative estimate of drug-likeness (QED) is 0.424. The number of halogens is 1. The number of likely N-dealkylation sites (tertiary alicyclic amines) is 1. The van der Waals surface area contributed by atoms with Crippen molar-refractivity contribution in [3.8, 4) is 0 Å². The van der Waals surface area contributed by atoms with Crippen LogP contribution in [0.1, 0.15) is 51.3 Å². The second-order valence-electron chi connectivity index (χ2n) is 9.64. The van der Waals surface area contributed by atoms with Gasteiger partial charge in [0.15, 0.2) is 0 Å². The molecule has 3 N–H and O–H groups in total. The van der Waals surface area contributed by atoms with E-state index >= 15 is 0 Å². The van der Waals surface area contributed by atoms with Crippen LogP contribution in [0.25, 0.3) is 11.6 Å². The minimum Gasteiger partial charge on any atom is -0.445 e. The molecule has 1 saturated heterocycles. The molecule has 196 valence electrons. The average molecular weight is 517 g/mol. The SMILES string of the molecule is Cc1[nH]c(C=C2C(=O)Nc3ccc(F)cc32)c(C)c1C(=O)NC1CCN(C(=O)OCc2ccccc2)CC1. The van der Waals surface area contributed by atoms with E-state index in [9.17, 15) is 18.8 Å². The molecule has 1 fully saturated rings. The summed E-state index contributed by atoms with van der Waals surface area (Å²) in [6, 6.07) is 13.6. The van der Waals surface area contributed by atoms with Gasteiger partial charge in [-0.2, -0.15) is 0 Å². The van der Waals surface area contributed by atoms with E-state index in [2.05, 4.69) is 15.6 Å². The number of hydrogen-bond acceptors (Lipinski definition) is 4. The normalized spacial score (nSPS) is 16.3. The predicted molar refractivity (Wildman–Crippen MR) is 142 cm³/mol. The number of hydrogen-bond donors (Lipinski definition) is 3. The monoisotopic (exact) mass is 516 g/mol. The van der Waals surface area contributed by atoms with E-state index < -0.39 is 5.82 Å². The molecule has 2 aromatic carbocycles. The summed E-state index contributed by atoms with van der Waals surface area (Å²) < 4.78 is 19.2. The molecule has 0 spiro atoms. The second kappa shape index (κ2) is 10.5. The van der Waals surface area contributed by atoms with E-state index in [4.69, 9.17) is 4.74 Å². The first kappa shape index (κ1) is 25.3. The first-order chi connectivity index (χ1) is 18.3. The van der Waals surface area contributed by atoms with Crippen LogP contribution in [0.15, 0.2) is 48.5 Å². The Morgan fingerprint density at radius 3 is 2.61 bits per heavy atom. The van der Waals surface area contributed by atoms with Gasteiger partial charge >= 0.3 is 6.09 Å². The van der Waals surface area contributed by atoms with Crippen molar-refractivity contribution in [3.63, 3.8) is 0 Å². The van der Waals surface area contributed by atoms with E-state index in [0.29, 0.717) is 65.3 Å². The average Bonchev–Trinajstić information content (AvgIpc) is 3.37. The minimum atomic E-state index is -0.430. The molecule has 0 bridgehead atoms. The summed E-state index contributed by atoms with van der Waals surface area (Å²) in [6.07, 6.45) is 2.53. The van der Waals surface area contributed by atoms with E-state index in [1.165, 1.54) is 18.2 Å². The number of aromatic nitrogens is 1. The van der Waals surface area contributed by atoms with Crippen molar-refractivity contribution in [1.82, 2.24) is 15.2 Å². The Kier molecular flexibility index (Phi) is 7.00. The first-order valence-electron chi connectivity index (χ1n) is 12.6. The zero-order valence-corrected chi connectivity index (χ0v) is 21.3. The highest BCUT2D eigenvalue weighted by Gasteiger charge is 2.28. The van der Waals surface area contributed by atoms with Crippen LogP contribution >= 0.6 is 0 Å². The molecule has 38 heavy (non-hydrogen) atoms. The van der Waals surface area contributed by atoms with Crippen molar-refractivity contribution in [2.45, 2.75) is 39.3 Å². The van der Waals surface area contributed by atoms with Gasteiger partial charge in [0.2, 0.25) is 0 Å². The Bertz CT molecular complexity index is 1420. The molecule has 0 atom stereocenters. The molecule has 3 amide bonds. The summed E-state index contributed by atoms with van der Waals surface area (Å²) in [4.78, 5) is 43.0. The van der Waals surface area contributed by atoms with Crippen molar-refractivity contribution in [2.75, 3.05) is 18.4 Å². The summed E-state index contributed by atoms with van der Waals surface area (Å²) in [5, 5.41) is 5.82. The number of fused-ring (bicyclic) bond motifs is 1. The molecule has 3 aromatic rings. The minimum absolute atomic E-state index is 0.0772. The van der Waals surface area contributed by atoms with Gasteiger partial charge in [-0.3, -0.25) is 9.59 Å². The number of carbonyl (C=O) groups excluding carboxylic acids is 3. The highest BCUT2D eigenvalue weighted by atomic mass is 19.1. The summed E-state index contributed by atoms with van der Waals surface area (Å²) in [7, 11) is 0. The molecular formula is C29H29FN4O4. The highest BCUT2D eigenvalue weighted by molar-refractivity contribution is 6.34. The van der Waals surface area contributed by atoms with Crippen LogP contribution in [0.3, 0.4) is 0 Å². The highest BCUT2D eigenvalue weighted by Crippen LogP contribution is 2.34. The maximum atomic E-state index is 13.8. The Hall–Kier alpha value is -4.40. The van der Waals surface area contributed by atoms with Gasteiger partial charge in [-0.15, -0.1) is 0 Å². The van der Waals surface area contributed by atoms with E-state index in [-0.39, 0.29) is 30.6 Å². The van der Waals surface area contributed by atoms with E-state index in [1.54, 1.807) is 17.9 Å². The number of aromatic amines is 1. The third-order valence-electron chi connectivity index (χ3n) is 7.05. The smallest absolute Gasteiger partial charge is 0.410 e. The van der Waals surface area contributed by atoms with Crippen molar-refractivity contribution >= 4 is 35.2 Å². The second-order valence-corrected chi connectivity index (χ2v) is 9.64. The molecule has 2 aliphatic rings. The number of rotatable bonds is 5.